The minimum Gasteiger partial charge on any atom is -0.327 e. The Kier molecular flexibility index (Phi) is 0.994. The fraction of sp³-hybridized carbons (Fsp3) is 1.00. The predicted octanol–water partition coefficient (Wildman–Crippen LogP) is 1.52. The largest absolute Gasteiger partial charge is 0.327 e. The third-order valence-electron chi connectivity index (χ3n) is 2.96. The lowest BCUT2D eigenvalue weighted by atomic mass is 9.51. The maximum atomic E-state index is 12.4. The highest BCUT2D eigenvalue weighted by molar-refractivity contribution is 5.10. The van der Waals surface area contributed by atoms with Crippen LogP contribution in [0.3, 0.4) is 0 Å². The van der Waals surface area contributed by atoms with Crippen molar-refractivity contribution in [1.29, 1.82) is 0 Å². The second kappa shape index (κ2) is 1.52. The van der Waals surface area contributed by atoms with Crippen LogP contribution >= 0.6 is 0 Å². The van der Waals surface area contributed by atoms with Crippen LogP contribution in [0.5, 0.6) is 0 Å². The molecule has 0 aromatic heterocycles. The monoisotopic (exact) mass is 147 g/mol. The molecule has 10 heavy (non-hydrogen) atoms. The lowest BCUT2D eigenvalue weighted by molar-refractivity contribution is -0.199. The van der Waals surface area contributed by atoms with Gasteiger partial charge in [0.25, 0.3) is 0 Å². The molecular formula is C7H11F2N. The second-order valence-corrected chi connectivity index (χ2v) is 3.72. The standard InChI is InChI=1S/C7H11F2N/c8-7(9)3-6(4-7)2-1-5(6)10/h5H,1-4,10H2. The van der Waals surface area contributed by atoms with Gasteiger partial charge in [-0.2, -0.15) is 0 Å². The summed E-state index contributed by atoms with van der Waals surface area (Å²) in [4.78, 5) is 0. The quantitative estimate of drug-likeness (QED) is 0.552. The maximum Gasteiger partial charge on any atom is 0.249 e. The number of hydrogen-bond donors (Lipinski definition) is 1. The van der Waals surface area contributed by atoms with Crippen molar-refractivity contribution >= 4 is 0 Å². The van der Waals surface area contributed by atoms with E-state index in [9.17, 15) is 8.78 Å². The van der Waals surface area contributed by atoms with Crippen molar-refractivity contribution in [3.63, 3.8) is 0 Å². The number of alkyl halides is 2. The van der Waals surface area contributed by atoms with Crippen molar-refractivity contribution in [2.75, 3.05) is 0 Å². The van der Waals surface area contributed by atoms with Gasteiger partial charge in [0.2, 0.25) is 5.92 Å². The molecule has 2 aliphatic carbocycles. The van der Waals surface area contributed by atoms with Crippen LogP contribution < -0.4 is 5.73 Å². The van der Waals surface area contributed by atoms with Crippen LogP contribution in [0, 0.1) is 5.41 Å². The zero-order chi connectivity index (χ0) is 7.41. The molecule has 0 radical (unpaired) electrons. The van der Waals surface area contributed by atoms with Crippen molar-refractivity contribution in [1.82, 2.24) is 0 Å². The second-order valence-electron chi connectivity index (χ2n) is 3.72. The number of rotatable bonds is 0. The molecule has 2 N–H and O–H groups in total. The van der Waals surface area contributed by atoms with Crippen molar-refractivity contribution in [3.05, 3.63) is 0 Å². The first-order valence-corrected chi connectivity index (χ1v) is 3.68. The molecule has 0 aliphatic heterocycles. The Hall–Kier alpha value is -0.180. The highest BCUT2D eigenvalue weighted by Crippen LogP contribution is 2.61. The van der Waals surface area contributed by atoms with Crippen molar-refractivity contribution in [3.8, 4) is 0 Å². The molecule has 2 saturated carbocycles. The van der Waals surface area contributed by atoms with E-state index in [-0.39, 0.29) is 24.3 Å². The third kappa shape index (κ3) is 0.641. The van der Waals surface area contributed by atoms with Gasteiger partial charge in [-0.15, -0.1) is 0 Å². The molecule has 2 rings (SSSR count). The molecular weight excluding hydrogens is 136 g/mol. The molecule has 0 aromatic rings. The Morgan fingerprint density at radius 3 is 2.00 bits per heavy atom. The molecule has 1 unspecified atom stereocenters. The van der Waals surface area contributed by atoms with Crippen LogP contribution in [0.4, 0.5) is 8.78 Å². The van der Waals surface area contributed by atoms with Crippen LogP contribution in [0.1, 0.15) is 25.7 Å². The summed E-state index contributed by atoms with van der Waals surface area (Å²) in [7, 11) is 0. The molecule has 58 valence electrons. The molecule has 1 atom stereocenters. The molecule has 2 fully saturated rings. The molecule has 0 bridgehead atoms. The SMILES string of the molecule is NC1CCC12CC(F)(F)C2. The van der Waals surface area contributed by atoms with Gasteiger partial charge in [-0.05, 0) is 18.3 Å². The lowest BCUT2D eigenvalue weighted by Gasteiger charge is -2.57. The van der Waals surface area contributed by atoms with Gasteiger partial charge >= 0.3 is 0 Å². The Labute approximate surface area is 58.6 Å². The van der Waals surface area contributed by atoms with Crippen LogP contribution in [0.15, 0.2) is 0 Å². The van der Waals surface area contributed by atoms with Gasteiger partial charge in [-0.3, -0.25) is 0 Å². The average Bonchev–Trinajstić information content (AvgIpc) is 1.78. The van der Waals surface area contributed by atoms with E-state index in [0.717, 1.165) is 12.8 Å². The van der Waals surface area contributed by atoms with E-state index in [0.29, 0.717) is 0 Å². The van der Waals surface area contributed by atoms with E-state index in [1.165, 1.54) is 0 Å². The number of hydrogen-bond acceptors (Lipinski definition) is 1. The molecule has 0 saturated heterocycles. The van der Waals surface area contributed by atoms with Crippen molar-refractivity contribution in [2.45, 2.75) is 37.6 Å². The van der Waals surface area contributed by atoms with E-state index >= 15 is 0 Å². The molecule has 2 aliphatic rings. The zero-order valence-corrected chi connectivity index (χ0v) is 5.74. The minimum atomic E-state index is -2.39. The van der Waals surface area contributed by atoms with Crippen LogP contribution in [0.2, 0.25) is 0 Å². The molecule has 0 aromatic carbocycles. The van der Waals surface area contributed by atoms with Gasteiger partial charge in [0.1, 0.15) is 0 Å². The summed E-state index contributed by atoms with van der Waals surface area (Å²) in [5.41, 5.74) is 5.47. The Morgan fingerprint density at radius 1 is 1.30 bits per heavy atom. The van der Waals surface area contributed by atoms with Crippen LogP contribution in [-0.2, 0) is 0 Å². The Balaban J connectivity index is 2.00. The maximum absolute atomic E-state index is 12.4. The van der Waals surface area contributed by atoms with Gasteiger partial charge in [-0.1, -0.05) is 0 Å². The average molecular weight is 147 g/mol. The zero-order valence-electron chi connectivity index (χ0n) is 5.74. The van der Waals surface area contributed by atoms with Crippen molar-refractivity contribution in [2.24, 2.45) is 11.1 Å². The predicted molar refractivity (Wildman–Crippen MR) is 33.8 cm³/mol. The van der Waals surface area contributed by atoms with E-state index in [1.54, 1.807) is 0 Å². The Morgan fingerprint density at radius 2 is 1.90 bits per heavy atom. The summed E-state index contributed by atoms with van der Waals surface area (Å²) >= 11 is 0. The van der Waals surface area contributed by atoms with Gasteiger partial charge in [-0.25, -0.2) is 8.78 Å². The fourth-order valence-electron chi connectivity index (χ4n) is 2.14. The Bertz CT molecular complexity index is 159. The first kappa shape index (κ1) is 6.53. The van der Waals surface area contributed by atoms with E-state index in [4.69, 9.17) is 5.73 Å². The van der Waals surface area contributed by atoms with E-state index in [1.807, 2.05) is 0 Å². The summed E-state index contributed by atoms with van der Waals surface area (Å²) in [6.45, 7) is 0. The number of halogens is 2. The van der Waals surface area contributed by atoms with E-state index < -0.39 is 5.92 Å². The van der Waals surface area contributed by atoms with Gasteiger partial charge in [0.05, 0.1) is 0 Å². The fourth-order valence-corrected chi connectivity index (χ4v) is 2.14. The van der Waals surface area contributed by atoms with Gasteiger partial charge in [0, 0.05) is 18.9 Å². The summed E-state index contributed by atoms with van der Waals surface area (Å²) in [6.07, 6.45) is 1.95. The summed E-state index contributed by atoms with van der Waals surface area (Å²) in [6, 6.07) is 0.0622. The van der Waals surface area contributed by atoms with Crippen LogP contribution in [0.25, 0.3) is 0 Å². The molecule has 1 spiro atoms. The molecule has 0 heterocycles. The normalized spacial score (nSPS) is 40.5. The lowest BCUT2D eigenvalue weighted by Crippen LogP contribution is -2.62. The topological polar surface area (TPSA) is 26.0 Å². The highest BCUT2D eigenvalue weighted by Gasteiger charge is 2.62. The number of nitrogens with two attached hydrogens (primary N) is 1. The summed E-state index contributed by atoms with van der Waals surface area (Å²) in [5.74, 6) is -2.39. The summed E-state index contributed by atoms with van der Waals surface area (Å²) in [5, 5.41) is 0. The van der Waals surface area contributed by atoms with Crippen LogP contribution in [-0.4, -0.2) is 12.0 Å². The molecule has 0 amide bonds. The first-order valence-electron chi connectivity index (χ1n) is 3.68. The van der Waals surface area contributed by atoms with E-state index in [2.05, 4.69) is 0 Å². The summed E-state index contributed by atoms with van der Waals surface area (Å²) < 4.78 is 24.7. The first-order chi connectivity index (χ1) is 4.54. The minimum absolute atomic E-state index is 0.0428. The molecule has 1 nitrogen and oxygen atoms in total. The van der Waals surface area contributed by atoms with Gasteiger partial charge in [0.15, 0.2) is 0 Å². The van der Waals surface area contributed by atoms with Gasteiger partial charge < -0.3 is 5.73 Å². The smallest absolute Gasteiger partial charge is 0.249 e. The highest BCUT2D eigenvalue weighted by atomic mass is 19.3. The van der Waals surface area contributed by atoms with Crippen molar-refractivity contribution < 1.29 is 8.78 Å². The third-order valence-corrected chi connectivity index (χ3v) is 2.96. The molecule has 3 heteroatoms.